The number of anilines is 1. The van der Waals surface area contributed by atoms with E-state index in [1.807, 2.05) is 0 Å². The number of hydrogen-bond acceptors (Lipinski definition) is 4. The second kappa shape index (κ2) is 8.52. The SMILES string of the molecule is CCNC(=O)c1ccccc1NC(=O)C=CC(=O)OCC. The number of para-hydroxylation sites is 1. The maximum Gasteiger partial charge on any atom is 0.330 e. The molecule has 0 saturated carbocycles. The highest BCUT2D eigenvalue weighted by Crippen LogP contribution is 2.14. The first-order valence-corrected chi connectivity index (χ1v) is 6.61. The number of nitrogens with one attached hydrogen (secondary N) is 2. The Morgan fingerprint density at radius 3 is 2.52 bits per heavy atom. The zero-order valence-electron chi connectivity index (χ0n) is 12.0. The number of ether oxygens (including phenoxy) is 1. The number of rotatable bonds is 6. The van der Waals surface area contributed by atoms with Crippen LogP contribution in [0.3, 0.4) is 0 Å². The third-order valence-electron chi connectivity index (χ3n) is 2.42. The third kappa shape index (κ3) is 5.48. The van der Waals surface area contributed by atoms with Gasteiger partial charge in [0.2, 0.25) is 5.91 Å². The van der Waals surface area contributed by atoms with Crippen LogP contribution in [0.15, 0.2) is 36.4 Å². The van der Waals surface area contributed by atoms with Gasteiger partial charge >= 0.3 is 5.97 Å². The summed E-state index contributed by atoms with van der Waals surface area (Å²) >= 11 is 0. The lowest BCUT2D eigenvalue weighted by molar-refractivity contribution is -0.137. The van der Waals surface area contributed by atoms with Crippen LogP contribution in [0, 0.1) is 0 Å². The van der Waals surface area contributed by atoms with E-state index in [-0.39, 0.29) is 12.5 Å². The van der Waals surface area contributed by atoms with Crippen LogP contribution in [0.5, 0.6) is 0 Å². The van der Waals surface area contributed by atoms with Crippen molar-refractivity contribution < 1.29 is 19.1 Å². The molecule has 0 aliphatic heterocycles. The maximum absolute atomic E-state index is 11.8. The summed E-state index contributed by atoms with van der Waals surface area (Å²) in [5, 5.41) is 5.21. The normalized spacial score (nSPS) is 10.2. The molecule has 0 heterocycles. The van der Waals surface area contributed by atoms with Crippen LogP contribution in [0.1, 0.15) is 24.2 Å². The van der Waals surface area contributed by atoms with Gasteiger partial charge in [0.15, 0.2) is 0 Å². The largest absolute Gasteiger partial charge is 0.463 e. The van der Waals surface area contributed by atoms with Crippen molar-refractivity contribution in [3.63, 3.8) is 0 Å². The van der Waals surface area contributed by atoms with Crippen molar-refractivity contribution in [2.75, 3.05) is 18.5 Å². The molecule has 6 nitrogen and oxygen atoms in total. The zero-order chi connectivity index (χ0) is 15.7. The standard InChI is InChI=1S/C15H18N2O4/c1-3-16-15(20)11-7-5-6-8-12(11)17-13(18)9-10-14(19)21-4-2/h5-10H,3-4H2,1-2H3,(H,16,20)(H,17,18). The van der Waals surface area contributed by atoms with Crippen LogP contribution in [-0.2, 0) is 14.3 Å². The van der Waals surface area contributed by atoms with E-state index in [1.165, 1.54) is 0 Å². The number of carbonyl (C=O) groups is 3. The van der Waals surface area contributed by atoms with Crippen molar-refractivity contribution in [3.05, 3.63) is 42.0 Å². The van der Waals surface area contributed by atoms with Gasteiger partial charge in [-0.1, -0.05) is 12.1 Å². The molecule has 21 heavy (non-hydrogen) atoms. The fourth-order valence-corrected chi connectivity index (χ4v) is 1.55. The number of hydrogen-bond donors (Lipinski definition) is 2. The van der Waals surface area contributed by atoms with Crippen molar-refractivity contribution in [2.24, 2.45) is 0 Å². The second-order valence-electron chi connectivity index (χ2n) is 3.98. The first kappa shape index (κ1) is 16.4. The van der Waals surface area contributed by atoms with E-state index in [4.69, 9.17) is 0 Å². The monoisotopic (exact) mass is 290 g/mol. The number of carbonyl (C=O) groups excluding carboxylic acids is 3. The molecule has 0 radical (unpaired) electrons. The summed E-state index contributed by atoms with van der Waals surface area (Å²) in [4.78, 5) is 34.7. The molecule has 1 aromatic rings. The van der Waals surface area contributed by atoms with Crippen LogP contribution in [0.4, 0.5) is 5.69 Å². The van der Waals surface area contributed by atoms with Gasteiger partial charge in [0.25, 0.3) is 5.91 Å². The van der Waals surface area contributed by atoms with Crippen molar-refractivity contribution >= 4 is 23.5 Å². The molecular weight excluding hydrogens is 272 g/mol. The minimum Gasteiger partial charge on any atom is -0.463 e. The average molecular weight is 290 g/mol. The topological polar surface area (TPSA) is 84.5 Å². The first-order valence-electron chi connectivity index (χ1n) is 6.61. The summed E-state index contributed by atoms with van der Waals surface area (Å²) in [5.74, 6) is -1.38. The first-order chi connectivity index (χ1) is 10.1. The van der Waals surface area contributed by atoms with E-state index < -0.39 is 11.9 Å². The van der Waals surface area contributed by atoms with Crippen molar-refractivity contribution in [3.8, 4) is 0 Å². The van der Waals surface area contributed by atoms with Gasteiger partial charge in [-0.25, -0.2) is 4.79 Å². The Morgan fingerprint density at radius 1 is 1.14 bits per heavy atom. The number of esters is 1. The smallest absolute Gasteiger partial charge is 0.330 e. The fourth-order valence-electron chi connectivity index (χ4n) is 1.55. The van der Waals surface area contributed by atoms with Crippen LogP contribution in [0.2, 0.25) is 0 Å². The van der Waals surface area contributed by atoms with Gasteiger partial charge in [0.05, 0.1) is 17.9 Å². The van der Waals surface area contributed by atoms with Gasteiger partial charge < -0.3 is 15.4 Å². The van der Waals surface area contributed by atoms with E-state index in [0.29, 0.717) is 17.8 Å². The van der Waals surface area contributed by atoms with Crippen LogP contribution in [-0.4, -0.2) is 30.9 Å². The van der Waals surface area contributed by atoms with Gasteiger partial charge in [-0.3, -0.25) is 9.59 Å². The van der Waals surface area contributed by atoms with Crippen molar-refractivity contribution in [1.29, 1.82) is 0 Å². The second-order valence-corrected chi connectivity index (χ2v) is 3.98. The molecule has 0 bridgehead atoms. The van der Waals surface area contributed by atoms with E-state index in [2.05, 4.69) is 15.4 Å². The summed E-state index contributed by atoms with van der Waals surface area (Å²) in [7, 11) is 0. The maximum atomic E-state index is 11.8. The molecule has 2 amide bonds. The predicted molar refractivity (Wildman–Crippen MR) is 78.9 cm³/mol. The molecule has 0 unspecified atom stereocenters. The molecule has 2 N–H and O–H groups in total. The highest BCUT2D eigenvalue weighted by atomic mass is 16.5. The Bertz CT molecular complexity index is 552. The predicted octanol–water partition coefficient (Wildman–Crippen LogP) is 1.49. The van der Waals surface area contributed by atoms with Gasteiger partial charge in [-0.15, -0.1) is 0 Å². The lowest BCUT2D eigenvalue weighted by Gasteiger charge is -2.09. The molecule has 0 spiro atoms. The highest BCUT2D eigenvalue weighted by Gasteiger charge is 2.11. The molecule has 1 rings (SSSR count). The van der Waals surface area contributed by atoms with Crippen molar-refractivity contribution in [1.82, 2.24) is 5.32 Å². The third-order valence-corrected chi connectivity index (χ3v) is 2.42. The number of amides is 2. The Labute approximate surface area is 123 Å². The summed E-state index contributed by atoms with van der Waals surface area (Å²) < 4.78 is 4.67. The Morgan fingerprint density at radius 2 is 1.86 bits per heavy atom. The molecule has 0 aliphatic rings. The molecule has 0 fully saturated rings. The van der Waals surface area contributed by atoms with Gasteiger partial charge in [-0.2, -0.15) is 0 Å². The Balaban J connectivity index is 2.76. The van der Waals surface area contributed by atoms with Gasteiger partial charge in [0.1, 0.15) is 0 Å². The zero-order valence-corrected chi connectivity index (χ0v) is 12.0. The lowest BCUT2D eigenvalue weighted by atomic mass is 10.1. The highest BCUT2D eigenvalue weighted by molar-refractivity contribution is 6.07. The summed E-state index contributed by atoms with van der Waals surface area (Å²) in [6, 6.07) is 6.62. The molecule has 1 aromatic carbocycles. The summed E-state index contributed by atoms with van der Waals surface area (Å²) in [5.41, 5.74) is 0.735. The number of benzene rings is 1. The van der Waals surface area contributed by atoms with E-state index in [0.717, 1.165) is 12.2 Å². The minimum atomic E-state index is -0.593. The lowest BCUT2D eigenvalue weighted by Crippen LogP contribution is -2.24. The Kier molecular flexibility index (Phi) is 6.67. The molecule has 0 saturated heterocycles. The minimum absolute atomic E-state index is 0.241. The van der Waals surface area contributed by atoms with E-state index in [9.17, 15) is 14.4 Å². The van der Waals surface area contributed by atoms with E-state index in [1.54, 1.807) is 38.1 Å². The molecule has 0 atom stereocenters. The molecular formula is C15H18N2O4. The fraction of sp³-hybridized carbons (Fsp3) is 0.267. The van der Waals surface area contributed by atoms with Crippen LogP contribution < -0.4 is 10.6 Å². The summed E-state index contributed by atoms with van der Waals surface area (Å²) in [6.07, 6.45) is 2.10. The Hall–Kier alpha value is -2.63. The average Bonchev–Trinajstić information content (AvgIpc) is 2.46. The van der Waals surface area contributed by atoms with Crippen LogP contribution >= 0.6 is 0 Å². The summed E-state index contributed by atoms with van der Waals surface area (Å²) in [6.45, 7) is 4.21. The van der Waals surface area contributed by atoms with Crippen LogP contribution in [0.25, 0.3) is 0 Å². The van der Waals surface area contributed by atoms with Gasteiger partial charge in [0, 0.05) is 18.7 Å². The quantitative estimate of drug-likeness (QED) is 0.614. The van der Waals surface area contributed by atoms with E-state index >= 15 is 0 Å². The molecule has 0 aromatic heterocycles. The molecule has 0 aliphatic carbocycles. The van der Waals surface area contributed by atoms with Crippen molar-refractivity contribution in [2.45, 2.75) is 13.8 Å². The van der Waals surface area contributed by atoms with Gasteiger partial charge in [-0.05, 0) is 26.0 Å². The molecule has 6 heteroatoms. The molecule has 112 valence electrons.